The smallest absolute Gasteiger partial charge is 0.337 e. The van der Waals surface area contributed by atoms with E-state index in [1.807, 2.05) is 0 Å². The van der Waals surface area contributed by atoms with Gasteiger partial charge in [-0.25, -0.2) is 9.18 Å². The average molecular weight is 410 g/mol. The number of aryl methyl sites for hydroxylation is 1. The van der Waals surface area contributed by atoms with Gasteiger partial charge in [-0.3, -0.25) is 4.79 Å². The molecule has 0 spiro atoms. The Balaban J connectivity index is 2.05. The first-order chi connectivity index (χ1) is 11.8. The molecule has 2 rings (SSSR count). The summed E-state index contributed by atoms with van der Waals surface area (Å²) >= 11 is 3.29. The van der Waals surface area contributed by atoms with E-state index in [0.717, 1.165) is 0 Å². The van der Waals surface area contributed by atoms with Crippen molar-refractivity contribution in [3.05, 3.63) is 57.8 Å². The molecule has 2 aromatic rings. The number of carbonyl (C=O) groups is 2. The summed E-state index contributed by atoms with van der Waals surface area (Å²) in [6, 6.07) is 9.09. The van der Waals surface area contributed by atoms with Crippen LogP contribution in [0, 0.1) is 12.7 Å². The summed E-state index contributed by atoms with van der Waals surface area (Å²) in [7, 11) is 1.29. The number of methoxy groups -OCH3 is 1. The standard InChI is InChI=1S/C18H17BrFNO4/c1-10-4-6-13(9-15(10)20)21-17(22)11(2)25-16-7-5-12(8-14(16)19)18(23)24-3/h4-9,11H,1-3H3,(H,21,22). The number of ether oxygens (including phenoxy) is 2. The van der Waals surface area contributed by atoms with Crippen LogP contribution in [0.1, 0.15) is 22.8 Å². The van der Waals surface area contributed by atoms with Crippen molar-refractivity contribution in [2.75, 3.05) is 12.4 Å². The number of hydrogen-bond donors (Lipinski definition) is 1. The summed E-state index contributed by atoms with van der Waals surface area (Å²) < 4.78 is 24.3. The summed E-state index contributed by atoms with van der Waals surface area (Å²) in [5, 5.41) is 2.59. The van der Waals surface area contributed by atoms with Gasteiger partial charge in [0.15, 0.2) is 6.10 Å². The Kier molecular flexibility index (Phi) is 6.14. The number of hydrogen-bond acceptors (Lipinski definition) is 4. The van der Waals surface area contributed by atoms with Crippen molar-refractivity contribution >= 4 is 33.5 Å². The second kappa shape index (κ2) is 8.11. The Labute approximate surface area is 153 Å². The number of halogens is 2. The highest BCUT2D eigenvalue weighted by Gasteiger charge is 2.17. The molecule has 0 aliphatic rings. The van der Waals surface area contributed by atoms with E-state index in [2.05, 4.69) is 26.0 Å². The second-order valence-electron chi connectivity index (χ2n) is 5.35. The zero-order valence-corrected chi connectivity index (χ0v) is 15.5. The van der Waals surface area contributed by atoms with Gasteiger partial charge in [-0.15, -0.1) is 0 Å². The maximum Gasteiger partial charge on any atom is 0.337 e. The van der Waals surface area contributed by atoms with Crippen molar-refractivity contribution < 1.29 is 23.5 Å². The fourth-order valence-corrected chi connectivity index (χ4v) is 2.47. The maximum atomic E-state index is 13.5. The van der Waals surface area contributed by atoms with Crippen LogP contribution in [-0.2, 0) is 9.53 Å². The molecule has 2 aromatic carbocycles. The lowest BCUT2D eigenvalue weighted by atomic mass is 10.2. The lowest BCUT2D eigenvalue weighted by molar-refractivity contribution is -0.122. The largest absolute Gasteiger partial charge is 0.480 e. The van der Waals surface area contributed by atoms with E-state index in [1.54, 1.807) is 38.1 Å². The number of nitrogens with one attached hydrogen (secondary N) is 1. The number of rotatable bonds is 5. The van der Waals surface area contributed by atoms with E-state index in [-0.39, 0.29) is 0 Å². The molecule has 0 saturated heterocycles. The molecule has 0 heterocycles. The van der Waals surface area contributed by atoms with E-state index in [0.29, 0.717) is 27.0 Å². The van der Waals surface area contributed by atoms with Crippen LogP contribution in [0.5, 0.6) is 5.75 Å². The lowest BCUT2D eigenvalue weighted by Gasteiger charge is -2.16. The predicted molar refractivity (Wildman–Crippen MR) is 95.3 cm³/mol. The van der Waals surface area contributed by atoms with E-state index in [9.17, 15) is 14.0 Å². The molecule has 0 bridgehead atoms. The van der Waals surface area contributed by atoms with Crippen molar-refractivity contribution in [2.24, 2.45) is 0 Å². The highest BCUT2D eigenvalue weighted by molar-refractivity contribution is 9.10. The summed E-state index contributed by atoms with van der Waals surface area (Å²) in [5.74, 6) is -0.899. The molecule has 5 nitrogen and oxygen atoms in total. The van der Waals surface area contributed by atoms with E-state index >= 15 is 0 Å². The number of benzene rings is 2. The Morgan fingerprint density at radius 3 is 2.52 bits per heavy atom. The first kappa shape index (κ1) is 18.9. The average Bonchev–Trinajstić information content (AvgIpc) is 2.59. The maximum absolute atomic E-state index is 13.5. The molecule has 1 unspecified atom stereocenters. The third-order valence-electron chi connectivity index (χ3n) is 3.47. The molecular weight excluding hydrogens is 393 g/mol. The zero-order valence-electron chi connectivity index (χ0n) is 13.9. The van der Waals surface area contributed by atoms with Crippen LogP contribution >= 0.6 is 15.9 Å². The lowest BCUT2D eigenvalue weighted by Crippen LogP contribution is -2.30. The van der Waals surface area contributed by atoms with Gasteiger partial charge in [0.25, 0.3) is 5.91 Å². The third kappa shape index (κ3) is 4.79. The van der Waals surface area contributed by atoms with Gasteiger partial charge in [-0.1, -0.05) is 6.07 Å². The third-order valence-corrected chi connectivity index (χ3v) is 4.09. The SMILES string of the molecule is COC(=O)c1ccc(OC(C)C(=O)Nc2ccc(C)c(F)c2)c(Br)c1. The van der Waals surface area contributed by atoms with Crippen molar-refractivity contribution in [1.29, 1.82) is 0 Å². The van der Waals surface area contributed by atoms with Crippen molar-refractivity contribution in [3.63, 3.8) is 0 Å². The minimum Gasteiger partial charge on any atom is -0.480 e. The Morgan fingerprint density at radius 1 is 1.20 bits per heavy atom. The molecule has 7 heteroatoms. The summed E-state index contributed by atoms with van der Waals surface area (Å²) in [6.07, 6.45) is -0.829. The number of anilines is 1. The monoisotopic (exact) mass is 409 g/mol. The van der Waals surface area contributed by atoms with Gasteiger partial charge in [-0.2, -0.15) is 0 Å². The Hall–Kier alpha value is -2.41. The molecule has 0 aliphatic heterocycles. The van der Waals surface area contributed by atoms with Crippen molar-refractivity contribution in [3.8, 4) is 5.75 Å². The van der Waals surface area contributed by atoms with Gasteiger partial charge in [0.1, 0.15) is 11.6 Å². The number of amides is 1. The molecule has 0 radical (unpaired) electrons. The quantitative estimate of drug-likeness (QED) is 0.755. The molecule has 1 N–H and O–H groups in total. The molecule has 0 saturated carbocycles. The topological polar surface area (TPSA) is 64.6 Å². The summed E-state index contributed by atoms with van der Waals surface area (Å²) in [4.78, 5) is 23.7. The van der Waals surface area contributed by atoms with E-state index in [1.165, 1.54) is 19.2 Å². The van der Waals surface area contributed by atoms with Crippen LogP contribution in [-0.4, -0.2) is 25.1 Å². The van der Waals surface area contributed by atoms with Crippen LogP contribution in [0.3, 0.4) is 0 Å². The molecule has 25 heavy (non-hydrogen) atoms. The van der Waals surface area contributed by atoms with Gasteiger partial charge in [0.05, 0.1) is 17.1 Å². The minimum atomic E-state index is -0.829. The molecule has 1 amide bonds. The highest BCUT2D eigenvalue weighted by atomic mass is 79.9. The van der Waals surface area contributed by atoms with Gasteiger partial charge in [-0.05, 0) is 65.7 Å². The molecule has 132 valence electrons. The van der Waals surface area contributed by atoms with Crippen LogP contribution in [0.25, 0.3) is 0 Å². The van der Waals surface area contributed by atoms with Crippen LogP contribution < -0.4 is 10.1 Å². The van der Waals surface area contributed by atoms with Gasteiger partial charge in [0, 0.05) is 5.69 Å². The second-order valence-corrected chi connectivity index (χ2v) is 6.20. The van der Waals surface area contributed by atoms with Crippen LogP contribution in [0.4, 0.5) is 10.1 Å². The van der Waals surface area contributed by atoms with Crippen LogP contribution in [0.2, 0.25) is 0 Å². The van der Waals surface area contributed by atoms with Gasteiger partial charge < -0.3 is 14.8 Å². The fourth-order valence-electron chi connectivity index (χ4n) is 2.00. The number of carbonyl (C=O) groups excluding carboxylic acids is 2. The molecule has 0 aliphatic carbocycles. The summed E-state index contributed by atoms with van der Waals surface area (Å²) in [5.41, 5.74) is 1.20. The molecule has 0 aromatic heterocycles. The normalized spacial score (nSPS) is 11.6. The highest BCUT2D eigenvalue weighted by Crippen LogP contribution is 2.27. The first-order valence-corrected chi connectivity index (χ1v) is 8.22. The van der Waals surface area contributed by atoms with Gasteiger partial charge >= 0.3 is 5.97 Å². The molecular formula is C18H17BrFNO4. The van der Waals surface area contributed by atoms with Crippen molar-refractivity contribution in [1.82, 2.24) is 0 Å². The number of esters is 1. The van der Waals surface area contributed by atoms with Crippen LogP contribution in [0.15, 0.2) is 40.9 Å². The first-order valence-electron chi connectivity index (χ1n) is 7.43. The molecule has 0 fully saturated rings. The zero-order chi connectivity index (χ0) is 18.6. The van der Waals surface area contributed by atoms with Crippen molar-refractivity contribution in [2.45, 2.75) is 20.0 Å². The van der Waals surface area contributed by atoms with E-state index in [4.69, 9.17) is 4.74 Å². The predicted octanol–water partition coefficient (Wildman–Crippen LogP) is 4.09. The Bertz CT molecular complexity index is 810. The van der Waals surface area contributed by atoms with Gasteiger partial charge in [0.2, 0.25) is 0 Å². The minimum absolute atomic E-state index is 0.351. The Morgan fingerprint density at radius 2 is 1.92 bits per heavy atom. The summed E-state index contributed by atoms with van der Waals surface area (Å²) in [6.45, 7) is 3.21. The molecule has 1 atom stereocenters. The van der Waals surface area contributed by atoms with E-state index < -0.39 is 23.8 Å². The fraction of sp³-hybridized carbons (Fsp3) is 0.222.